The van der Waals surface area contributed by atoms with Crippen LogP contribution in [0.2, 0.25) is 0 Å². The van der Waals surface area contributed by atoms with Gasteiger partial charge < -0.3 is 15.3 Å². The fraction of sp³-hybridized carbons (Fsp3) is 0.611. The number of aryl methyl sites for hydroxylation is 1. The zero-order valence-corrected chi connectivity index (χ0v) is 13.7. The maximum absolute atomic E-state index is 12.3. The monoisotopic (exact) mass is 304 g/mol. The van der Waals surface area contributed by atoms with E-state index in [1.807, 2.05) is 38.1 Å². The minimum Gasteiger partial charge on any atom is -0.387 e. The summed E-state index contributed by atoms with van der Waals surface area (Å²) in [4.78, 5) is 14.1. The molecule has 0 aromatic heterocycles. The topological polar surface area (TPSA) is 52.6 Å². The van der Waals surface area contributed by atoms with E-state index >= 15 is 0 Å². The van der Waals surface area contributed by atoms with Gasteiger partial charge in [0.05, 0.1) is 12.6 Å². The van der Waals surface area contributed by atoms with E-state index in [9.17, 15) is 9.90 Å². The SMILES string of the molecule is CCN(CC(O)c1ccc(C)cc1)C(=O)CCC1CCNC1. The number of aliphatic hydroxyl groups is 1. The summed E-state index contributed by atoms with van der Waals surface area (Å²) in [5, 5.41) is 13.7. The van der Waals surface area contributed by atoms with Crippen molar-refractivity contribution in [1.82, 2.24) is 10.2 Å². The Morgan fingerprint density at radius 2 is 2.14 bits per heavy atom. The molecule has 1 amide bonds. The molecule has 1 aromatic carbocycles. The first kappa shape index (κ1) is 17.0. The van der Waals surface area contributed by atoms with Gasteiger partial charge in [0.2, 0.25) is 5.91 Å². The van der Waals surface area contributed by atoms with Crippen LogP contribution in [0.25, 0.3) is 0 Å². The highest BCUT2D eigenvalue weighted by molar-refractivity contribution is 5.76. The average molecular weight is 304 g/mol. The van der Waals surface area contributed by atoms with Crippen LogP contribution in [-0.4, -0.2) is 42.1 Å². The van der Waals surface area contributed by atoms with Gasteiger partial charge in [0, 0.05) is 13.0 Å². The van der Waals surface area contributed by atoms with Crippen molar-refractivity contribution in [1.29, 1.82) is 0 Å². The Morgan fingerprint density at radius 1 is 1.41 bits per heavy atom. The number of hydrogen-bond acceptors (Lipinski definition) is 3. The number of nitrogens with zero attached hydrogens (tertiary/aromatic N) is 1. The summed E-state index contributed by atoms with van der Waals surface area (Å²) in [7, 11) is 0. The molecule has 0 radical (unpaired) electrons. The van der Waals surface area contributed by atoms with Crippen LogP contribution >= 0.6 is 0 Å². The van der Waals surface area contributed by atoms with Gasteiger partial charge in [0.25, 0.3) is 0 Å². The van der Waals surface area contributed by atoms with Crippen LogP contribution < -0.4 is 5.32 Å². The van der Waals surface area contributed by atoms with Crippen LogP contribution in [-0.2, 0) is 4.79 Å². The molecule has 2 N–H and O–H groups in total. The lowest BCUT2D eigenvalue weighted by Gasteiger charge is -2.25. The van der Waals surface area contributed by atoms with E-state index in [0.29, 0.717) is 25.4 Å². The van der Waals surface area contributed by atoms with Crippen LogP contribution in [0.15, 0.2) is 24.3 Å². The van der Waals surface area contributed by atoms with Crippen molar-refractivity contribution in [3.63, 3.8) is 0 Å². The third-order valence-electron chi connectivity index (χ3n) is 4.52. The second-order valence-electron chi connectivity index (χ2n) is 6.26. The van der Waals surface area contributed by atoms with Gasteiger partial charge in [-0.1, -0.05) is 29.8 Å². The van der Waals surface area contributed by atoms with Gasteiger partial charge in [-0.25, -0.2) is 0 Å². The average Bonchev–Trinajstić information content (AvgIpc) is 3.04. The molecule has 1 saturated heterocycles. The molecule has 122 valence electrons. The van der Waals surface area contributed by atoms with Gasteiger partial charge in [0.1, 0.15) is 0 Å². The predicted molar refractivity (Wildman–Crippen MR) is 88.6 cm³/mol. The fourth-order valence-electron chi connectivity index (χ4n) is 2.96. The first-order valence-corrected chi connectivity index (χ1v) is 8.33. The highest BCUT2D eigenvalue weighted by atomic mass is 16.3. The molecule has 22 heavy (non-hydrogen) atoms. The lowest BCUT2D eigenvalue weighted by atomic mass is 10.0. The number of nitrogens with one attached hydrogen (secondary N) is 1. The maximum Gasteiger partial charge on any atom is 0.222 e. The summed E-state index contributed by atoms with van der Waals surface area (Å²) >= 11 is 0. The van der Waals surface area contributed by atoms with Crippen molar-refractivity contribution in [2.24, 2.45) is 5.92 Å². The molecule has 1 aliphatic heterocycles. The molecule has 1 aromatic rings. The Balaban J connectivity index is 1.84. The molecule has 4 nitrogen and oxygen atoms in total. The Labute approximate surface area is 133 Å². The predicted octanol–water partition coefficient (Wildman–Crippen LogP) is 2.27. The molecule has 2 unspecified atom stereocenters. The smallest absolute Gasteiger partial charge is 0.222 e. The highest BCUT2D eigenvalue weighted by Crippen LogP contribution is 2.18. The summed E-state index contributed by atoms with van der Waals surface area (Å²) in [5.41, 5.74) is 2.04. The van der Waals surface area contributed by atoms with Gasteiger partial charge in [0.15, 0.2) is 0 Å². The molecule has 2 atom stereocenters. The molecule has 1 heterocycles. The number of rotatable bonds is 7. The third kappa shape index (κ3) is 4.82. The molecule has 1 aliphatic rings. The molecule has 0 aliphatic carbocycles. The molecular weight excluding hydrogens is 276 g/mol. The summed E-state index contributed by atoms with van der Waals surface area (Å²) in [6, 6.07) is 7.85. The van der Waals surface area contributed by atoms with Gasteiger partial charge in [-0.3, -0.25) is 4.79 Å². The first-order valence-electron chi connectivity index (χ1n) is 8.33. The fourth-order valence-corrected chi connectivity index (χ4v) is 2.96. The Kier molecular flexibility index (Phi) is 6.40. The molecular formula is C18H28N2O2. The second kappa shape index (κ2) is 8.30. The number of likely N-dealkylation sites (N-methyl/N-ethyl adjacent to an activating group) is 1. The van der Waals surface area contributed by atoms with Crippen LogP contribution in [0.1, 0.15) is 43.4 Å². The molecule has 2 rings (SSSR count). The summed E-state index contributed by atoms with van der Waals surface area (Å²) in [6.07, 6.45) is 2.09. The van der Waals surface area contributed by atoms with E-state index in [4.69, 9.17) is 0 Å². The Morgan fingerprint density at radius 3 is 2.73 bits per heavy atom. The van der Waals surface area contributed by atoms with Crippen molar-refractivity contribution in [2.45, 2.75) is 39.2 Å². The number of aliphatic hydroxyl groups excluding tert-OH is 1. The third-order valence-corrected chi connectivity index (χ3v) is 4.52. The van der Waals surface area contributed by atoms with E-state index in [0.717, 1.165) is 25.1 Å². The van der Waals surface area contributed by atoms with Crippen molar-refractivity contribution < 1.29 is 9.90 Å². The number of carbonyl (C=O) groups is 1. The Bertz CT molecular complexity index is 466. The lowest BCUT2D eigenvalue weighted by molar-refractivity contribution is -0.132. The van der Waals surface area contributed by atoms with Crippen LogP contribution in [0.5, 0.6) is 0 Å². The van der Waals surface area contributed by atoms with Crippen molar-refractivity contribution in [2.75, 3.05) is 26.2 Å². The zero-order valence-electron chi connectivity index (χ0n) is 13.7. The highest BCUT2D eigenvalue weighted by Gasteiger charge is 2.20. The van der Waals surface area contributed by atoms with E-state index in [1.165, 1.54) is 12.0 Å². The maximum atomic E-state index is 12.3. The van der Waals surface area contributed by atoms with E-state index in [1.54, 1.807) is 4.90 Å². The van der Waals surface area contributed by atoms with E-state index < -0.39 is 6.10 Å². The second-order valence-corrected chi connectivity index (χ2v) is 6.26. The van der Waals surface area contributed by atoms with E-state index in [-0.39, 0.29) is 5.91 Å². The van der Waals surface area contributed by atoms with Gasteiger partial charge >= 0.3 is 0 Å². The minimum atomic E-state index is -0.613. The molecule has 4 heteroatoms. The van der Waals surface area contributed by atoms with Crippen LogP contribution in [0, 0.1) is 12.8 Å². The number of carbonyl (C=O) groups excluding carboxylic acids is 1. The largest absolute Gasteiger partial charge is 0.387 e. The summed E-state index contributed by atoms with van der Waals surface area (Å²) < 4.78 is 0. The van der Waals surface area contributed by atoms with Crippen molar-refractivity contribution in [3.05, 3.63) is 35.4 Å². The minimum absolute atomic E-state index is 0.153. The van der Waals surface area contributed by atoms with E-state index in [2.05, 4.69) is 5.32 Å². The van der Waals surface area contributed by atoms with Gasteiger partial charge in [-0.15, -0.1) is 0 Å². The number of amides is 1. The number of benzene rings is 1. The summed E-state index contributed by atoms with van der Waals surface area (Å²) in [5.74, 6) is 0.783. The van der Waals surface area contributed by atoms with Crippen molar-refractivity contribution in [3.8, 4) is 0 Å². The van der Waals surface area contributed by atoms with Crippen molar-refractivity contribution >= 4 is 5.91 Å². The summed E-state index contributed by atoms with van der Waals surface area (Å²) in [6.45, 7) is 7.12. The van der Waals surface area contributed by atoms with Gasteiger partial charge in [-0.05, 0) is 51.3 Å². The Hall–Kier alpha value is -1.39. The lowest BCUT2D eigenvalue weighted by Crippen LogP contribution is -2.34. The first-order chi connectivity index (χ1) is 10.6. The standard InChI is InChI=1S/C18H28N2O2/c1-3-20(18(22)9-6-15-10-11-19-12-15)13-17(21)16-7-4-14(2)5-8-16/h4-5,7-8,15,17,19,21H,3,6,9-13H2,1-2H3. The molecule has 0 saturated carbocycles. The quantitative estimate of drug-likeness (QED) is 0.812. The normalized spacial score (nSPS) is 19.1. The van der Waals surface area contributed by atoms with Gasteiger partial charge in [-0.2, -0.15) is 0 Å². The van der Waals surface area contributed by atoms with Crippen LogP contribution in [0.4, 0.5) is 0 Å². The molecule has 0 spiro atoms. The van der Waals surface area contributed by atoms with Crippen LogP contribution in [0.3, 0.4) is 0 Å². The molecule has 0 bridgehead atoms. The molecule has 1 fully saturated rings. The zero-order chi connectivity index (χ0) is 15.9. The number of hydrogen-bond donors (Lipinski definition) is 2.